The van der Waals surface area contributed by atoms with Crippen LogP contribution in [-0.4, -0.2) is 71.3 Å². The molecule has 0 bridgehead atoms. The highest BCUT2D eigenvalue weighted by Gasteiger charge is 2.25. The van der Waals surface area contributed by atoms with Crippen molar-refractivity contribution in [1.29, 1.82) is 0 Å². The first-order valence-electron chi connectivity index (χ1n) is 10.5. The molecule has 1 aliphatic heterocycles. The molecular formula is C23H27N5O4. The molecule has 9 nitrogen and oxygen atoms in total. The van der Waals surface area contributed by atoms with Crippen LogP contribution >= 0.6 is 0 Å². The zero-order valence-corrected chi connectivity index (χ0v) is 18.2. The average Bonchev–Trinajstić information content (AvgIpc) is 3.32. The number of hydrogen-bond acceptors (Lipinski definition) is 7. The summed E-state index contributed by atoms with van der Waals surface area (Å²) in [5, 5.41) is 18.6. The lowest BCUT2D eigenvalue weighted by Crippen LogP contribution is -2.49. The molecule has 1 aliphatic rings. The van der Waals surface area contributed by atoms with Gasteiger partial charge in [-0.3, -0.25) is 4.79 Å². The van der Waals surface area contributed by atoms with Gasteiger partial charge in [0.1, 0.15) is 17.6 Å². The number of piperazine rings is 1. The van der Waals surface area contributed by atoms with Crippen molar-refractivity contribution in [3.05, 3.63) is 66.0 Å². The molecule has 3 aromatic rings. The van der Waals surface area contributed by atoms with E-state index >= 15 is 0 Å². The molecular weight excluding hydrogens is 410 g/mol. The lowest BCUT2D eigenvalue weighted by atomic mass is 10.1. The number of carbonyl (C=O) groups excluding carboxylic acids is 1. The molecule has 1 atom stereocenters. The van der Waals surface area contributed by atoms with Crippen molar-refractivity contribution in [3.8, 4) is 11.5 Å². The quantitative estimate of drug-likeness (QED) is 0.604. The Kier molecular flexibility index (Phi) is 6.55. The number of benzene rings is 2. The molecule has 2 heterocycles. The Bertz CT molecular complexity index is 1060. The van der Waals surface area contributed by atoms with Gasteiger partial charge < -0.3 is 24.4 Å². The summed E-state index contributed by atoms with van der Waals surface area (Å²) in [5.41, 5.74) is 1.95. The lowest BCUT2D eigenvalue weighted by Gasteiger charge is -2.36. The maximum absolute atomic E-state index is 12.9. The summed E-state index contributed by atoms with van der Waals surface area (Å²) in [5.74, 6) is 1.26. The number of aromatic nitrogens is 3. The van der Waals surface area contributed by atoms with E-state index < -0.39 is 6.10 Å². The number of aliphatic hydroxyl groups excluding tert-OH is 1. The fourth-order valence-corrected chi connectivity index (χ4v) is 3.91. The van der Waals surface area contributed by atoms with E-state index in [1.165, 1.54) is 4.68 Å². The third-order valence-corrected chi connectivity index (χ3v) is 5.61. The lowest BCUT2D eigenvalue weighted by molar-refractivity contribution is 0.0740. The van der Waals surface area contributed by atoms with Gasteiger partial charge in [-0.05, 0) is 18.2 Å². The molecule has 1 fully saturated rings. The van der Waals surface area contributed by atoms with Crippen molar-refractivity contribution in [1.82, 2.24) is 19.9 Å². The summed E-state index contributed by atoms with van der Waals surface area (Å²) >= 11 is 0. The van der Waals surface area contributed by atoms with Crippen LogP contribution in [0.2, 0.25) is 0 Å². The van der Waals surface area contributed by atoms with Gasteiger partial charge in [0.05, 0.1) is 32.6 Å². The third kappa shape index (κ3) is 4.52. The molecule has 0 saturated carbocycles. The predicted octanol–water partition coefficient (Wildman–Crippen LogP) is 1.99. The molecule has 1 aromatic heterocycles. The number of carbonyl (C=O) groups is 1. The van der Waals surface area contributed by atoms with Crippen LogP contribution in [0, 0.1) is 0 Å². The van der Waals surface area contributed by atoms with Crippen molar-refractivity contribution in [3.63, 3.8) is 0 Å². The second-order valence-corrected chi connectivity index (χ2v) is 7.53. The molecule has 0 radical (unpaired) electrons. The Hall–Kier alpha value is -3.59. The van der Waals surface area contributed by atoms with Gasteiger partial charge in [0.25, 0.3) is 5.91 Å². The Morgan fingerprint density at radius 2 is 1.66 bits per heavy atom. The Morgan fingerprint density at radius 1 is 1.00 bits per heavy atom. The smallest absolute Gasteiger partial charge is 0.276 e. The summed E-state index contributed by atoms with van der Waals surface area (Å²) in [4.78, 5) is 16.9. The number of para-hydroxylation sites is 3. The van der Waals surface area contributed by atoms with Crippen LogP contribution in [0.4, 0.5) is 5.69 Å². The summed E-state index contributed by atoms with van der Waals surface area (Å²) < 4.78 is 12.2. The van der Waals surface area contributed by atoms with Gasteiger partial charge in [-0.1, -0.05) is 35.5 Å². The standard InChI is InChI=1S/C23H27N5O4/c1-31-21-9-5-3-7-17(21)20(29)16-28-15-18(24-25-28)23(30)27-13-11-26(12-14-27)19-8-4-6-10-22(19)32-2/h3-10,15,20,29H,11-14,16H2,1-2H3. The van der Waals surface area contributed by atoms with Gasteiger partial charge in [0, 0.05) is 31.7 Å². The van der Waals surface area contributed by atoms with E-state index in [0.717, 1.165) is 11.4 Å². The predicted molar refractivity (Wildman–Crippen MR) is 119 cm³/mol. The van der Waals surface area contributed by atoms with Gasteiger partial charge in [-0.15, -0.1) is 5.10 Å². The zero-order chi connectivity index (χ0) is 22.5. The number of hydrogen-bond donors (Lipinski definition) is 1. The SMILES string of the molecule is COc1ccccc1C(O)Cn1cc(C(=O)N2CCN(c3ccccc3OC)CC2)nn1. The highest BCUT2D eigenvalue weighted by molar-refractivity contribution is 5.92. The Labute approximate surface area is 186 Å². The van der Waals surface area contributed by atoms with E-state index in [1.54, 1.807) is 37.4 Å². The molecule has 168 valence electrons. The van der Waals surface area contributed by atoms with Crippen LogP contribution in [0.3, 0.4) is 0 Å². The maximum atomic E-state index is 12.9. The van der Waals surface area contributed by atoms with Crippen LogP contribution in [0.25, 0.3) is 0 Å². The molecule has 9 heteroatoms. The number of aliphatic hydroxyl groups is 1. The van der Waals surface area contributed by atoms with Crippen molar-refractivity contribution < 1.29 is 19.4 Å². The summed E-state index contributed by atoms with van der Waals surface area (Å²) in [6.45, 7) is 2.73. The van der Waals surface area contributed by atoms with Crippen LogP contribution in [0.15, 0.2) is 54.7 Å². The van der Waals surface area contributed by atoms with Gasteiger partial charge in [-0.25, -0.2) is 4.68 Å². The fourth-order valence-electron chi connectivity index (χ4n) is 3.91. The second kappa shape index (κ2) is 9.69. The van der Waals surface area contributed by atoms with Crippen LogP contribution in [0.1, 0.15) is 22.2 Å². The van der Waals surface area contributed by atoms with Crippen LogP contribution in [-0.2, 0) is 6.54 Å². The molecule has 1 N–H and O–H groups in total. The molecule has 0 spiro atoms. The van der Waals surface area contributed by atoms with E-state index in [-0.39, 0.29) is 18.1 Å². The van der Waals surface area contributed by atoms with Gasteiger partial charge >= 0.3 is 0 Å². The molecule has 2 aromatic carbocycles. The zero-order valence-electron chi connectivity index (χ0n) is 18.2. The van der Waals surface area contributed by atoms with Crippen LogP contribution < -0.4 is 14.4 Å². The molecule has 0 aliphatic carbocycles. The Morgan fingerprint density at radius 3 is 2.38 bits per heavy atom. The maximum Gasteiger partial charge on any atom is 0.276 e. The van der Waals surface area contributed by atoms with E-state index in [2.05, 4.69) is 15.2 Å². The third-order valence-electron chi connectivity index (χ3n) is 5.61. The molecule has 1 unspecified atom stereocenters. The molecule has 4 rings (SSSR count). The first-order chi connectivity index (χ1) is 15.6. The summed E-state index contributed by atoms with van der Waals surface area (Å²) in [7, 11) is 3.22. The number of rotatable bonds is 7. The second-order valence-electron chi connectivity index (χ2n) is 7.53. The van der Waals surface area contributed by atoms with Crippen molar-refractivity contribution in [2.75, 3.05) is 45.3 Å². The summed E-state index contributed by atoms with van der Waals surface area (Å²) in [6, 6.07) is 15.1. The summed E-state index contributed by atoms with van der Waals surface area (Å²) in [6.07, 6.45) is 0.744. The van der Waals surface area contributed by atoms with Crippen molar-refractivity contribution in [2.24, 2.45) is 0 Å². The monoisotopic (exact) mass is 437 g/mol. The highest BCUT2D eigenvalue weighted by Crippen LogP contribution is 2.29. The number of nitrogens with zero attached hydrogens (tertiary/aromatic N) is 5. The molecule has 1 saturated heterocycles. The number of methoxy groups -OCH3 is 2. The first kappa shape index (κ1) is 21.6. The number of ether oxygens (including phenoxy) is 2. The minimum Gasteiger partial charge on any atom is -0.496 e. The topological polar surface area (TPSA) is 93.0 Å². The minimum absolute atomic E-state index is 0.164. The van der Waals surface area contributed by atoms with Gasteiger partial charge in [0.2, 0.25) is 0 Å². The van der Waals surface area contributed by atoms with Crippen LogP contribution in [0.5, 0.6) is 11.5 Å². The number of anilines is 1. The van der Waals surface area contributed by atoms with E-state index in [0.29, 0.717) is 37.5 Å². The largest absolute Gasteiger partial charge is 0.496 e. The number of amides is 1. The van der Waals surface area contributed by atoms with E-state index in [4.69, 9.17) is 9.47 Å². The highest BCUT2D eigenvalue weighted by atomic mass is 16.5. The molecule has 1 amide bonds. The minimum atomic E-state index is -0.833. The fraction of sp³-hybridized carbons (Fsp3) is 0.348. The first-order valence-corrected chi connectivity index (χ1v) is 10.5. The van der Waals surface area contributed by atoms with Crippen molar-refractivity contribution >= 4 is 11.6 Å². The van der Waals surface area contributed by atoms with Gasteiger partial charge in [0.15, 0.2) is 5.69 Å². The van der Waals surface area contributed by atoms with Gasteiger partial charge in [-0.2, -0.15) is 0 Å². The van der Waals surface area contributed by atoms with Crippen molar-refractivity contribution in [2.45, 2.75) is 12.6 Å². The average molecular weight is 438 g/mol. The Balaban J connectivity index is 1.37. The van der Waals surface area contributed by atoms with E-state index in [1.807, 2.05) is 36.4 Å². The molecule has 32 heavy (non-hydrogen) atoms. The normalized spacial score (nSPS) is 14.8. The van der Waals surface area contributed by atoms with E-state index in [9.17, 15) is 9.90 Å².